The Kier molecular flexibility index (Phi) is 5.16. The van der Waals surface area contributed by atoms with Gasteiger partial charge in [0, 0.05) is 24.0 Å². The van der Waals surface area contributed by atoms with E-state index >= 15 is 0 Å². The van der Waals surface area contributed by atoms with Crippen molar-refractivity contribution in [2.24, 2.45) is 0 Å². The molecule has 0 saturated heterocycles. The Morgan fingerprint density at radius 2 is 1.88 bits per heavy atom. The average molecular weight is 432 g/mol. The highest BCUT2D eigenvalue weighted by Crippen LogP contribution is 2.35. The Labute approximate surface area is 188 Å². The highest BCUT2D eigenvalue weighted by atomic mass is 16.5. The van der Waals surface area contributed by atoms with Crippen molar-refractivity contribution in [1.29, 1.82) is 0 Å². The zero-order valence-corrected chi connectivity index (χ0v) is 18.6. The summed E-state index contributed by atoms with van der Waals surface area (Å²) in [5.74, 6) is 0.526. The lowest BCUT2D eigenvalue weighted by Crippen LogP contribution is -2.64. The van der Waals surface area contributed by atoms with Crippen LogP contribution in [0.4, 0.5) is 0 Å². The number of hydrogen-bond donors (Lipinski definition) is 1. The molecule has 2 amide bonds. The molecule has 0 bridgehead atoms. The van der Waals surface area contributed by atoms with Gasteiger partial charge in [0.15, 0.2) is 0 Å². The zero-order valence-electron chi connectivity index (χ0n) is 18.6. The average Bonchev–Trinajstić information content (AvgIpc) is 3.45. The van der Waals surface area contributed by atoms with E-state index in [1.165, 1.54) is 0 Å². The monoisotopic (exact) mass is 431 g/mol. The van der Waals surface area contributed by atoms with Gasteiger partial charge in [0.1, 0.15) is 17.0 Å². The molecule has 166 valence electrons. The van der Waals surface area contributed by atoms with Crippen LogP contribution in [0, 0.1) is 0 Å². The predicted octanol–water partition coefficient (Wildman–Crippen LogP) is 4.12. The fourth-order valence-corrected chi connectivity index (χ4v) is 5.08. The summed E-state index contributed by atoms with van der Waals surface area (Å²) in [6, 6.07) is 17.8. The summed E-state index contributed by atoms with van der Waals surface area (Å²) in [5, 5.41) is 4.22. The Balaban J connectivity index is 1.58. The lowest BCUT2D eigenvalue weighted by molar-refractivity contribution is -0.133. The third-order valence-corrected chi connectivity index (χ3v) is 7.00. The lowest BCUT2D eigenvalue weighted by Gasteiger charge is -2.44. The Bertz CT molecular complexity index is 1160. The Morgan fingerprint density at radius 3 is 2.59 bits per heavy atom. The summed E-state index contributed by atoms with van der Waals surface area (Å²) in [6.07, 6.45) is 4.29. The van der Waals surface area contributed by atoms with Crippen LogP contribution in [0.2, 0.25) is 0 Å². The van der Waals surface area contributed by atoms with E-state index in [9.17, 15) is 9.59 Å². The third kappa shape index (κ3) is 3.44. The highest BCUT2D eigenvalue weighted by molar-refractivity contribution is 6.03. The smallest absolute Gasteiger partial charge is 0.271 e. The van der Waals surface area contributed by atoms with Crippen molar-refractivity contribution in [3.63, 3.8) is 0 Å². The first-order chi connectivity index (χ1) is 15.5. The number of rotatable bonds is 5. The summed E-state index contributed by atoms with van der Waals surface area (Å²) >= 11 is 0. The summed E-state index contributed by atoms with van der Waals surface area (Å²) in [7, 11) is 1.63. The molecule has 32 heavy (non-hydrogen) atoms. The fraction of sp³-hybridized carbons (Fsp3) is 0.385. The van der Waals surface area contributed by atoms with E-state index in [4.69, 9.17) is 4.74 Å². The number of carbonyl (C=O) groups excluding carboxylic acids is 2. The first-order valence-electron chi connectivity index (χ1n) is 11.3. The van der Waals surface area contributed by atoms with Gasteiger partial charge in [-0.15, -0.1) is 0 Å². The van der Waals surface area contributed by atoms with Crippen LogP contribution in [0.25, 0.3) is 10.9 Å². The van der Waals surface area contributed by atoms with Gasteiger partial charge in [-0.05, 0) is 43.5 Å². The van der Waals surface area contributed by atoms with Gasteiger partial charge in [0.05, 0.1) is 19.2 Å². The molecule has 1 atom stereocenters. The quantitative estimate of drug-likeness (QED) is 0.661. The van der Waals surface area contributed by atoms with Crippen LogP contribution in [0.5, 0.6) is 5.75 Å². The highest BCUT2D eigenvalue weighted by Gasteiger charge is 2.48. The molecule has 1 aliphatic carbocycles. The van der Waals surface area contributed by atoms with E-state index in [0.29, 0.717) is 18.8 Å². The molecule has 1 N–H and O–H groups in total. The number of amides is 2. The first kappa shape index (κ1) is 20.6. The molecular weight excluding hydrogens is 402 g/mol. The molecule has 2 aromatic carbocycles. The Morgan fingerprint density at radius 1 is 1.12 bits per heavy atom. The second-order valence-electron chi connectivity index (χ2n) is 9.15. The maximum absolute atomic E-state index is 13.8. The van der Waals surface area contributed by atoms with Gasteiger partial charge >= 0.3 is 0 Å². The molecular formula is C26H29N3O3. The molecule has 3 aromatic rings. The SMILES string of the molecule is COc1ccc2cc3n(c2c1)C[C@@](C)(C(=O)NC1CCCC1)N(Cc1ccccc1)C3=O. The number of aromatic nitrogens is 1. The fourth-order valence-electron chi connectivity index (χ4n) is 5.08. The molecule has 0 unspecified atom stereocenters. The van der Waals surface area contributed by atoms with Crippen LogP contribution in [-0.4, -0.2) is 40.0 Å². The number of nitrogens with zero attached hydrogens (tertiary/aromatic N) is 2. The molecule has 6 nitrogen and oxygen atoms in total. The molecule has 1 aliphatic heterocycles. The third-order valence-electron chi connectivity index (χ3n) is 7.00. The second kappa shape index (κ2) is 8.01. The molecule has 2 heterocycles. The van der Waals surface area contributed by atoms with Crippen LogP contribution in [-0.2, 0) is 17.9 Å². The van der Waals surface area contributed by atoms with Crippen molar-refractivity contribution < 1.29 is 14.3 Å². The van der Waals surface area contributed by atoms with E-state index in [1.807, 2.05) is 66.1 Å². The van der Waals surface area contributed by atoms with Crippen LogP contribution in [0.1, 0.15) is 48.7 Å². The summed E-state index contributed by atoms with van der Waals surface area (Å²) < 4.78 is 7.39. The summed E-state index contributed by atoms with van der Waals surface area (Å²) in [5.41, 5.74) is 1.52. The molecule has 1 fully saturated rings. The maximum atomic E-state index is 13.8. The second-order valence-corrected chi connectivity index (χ2v) is 9.15. The molecule has 2 aliphatic rings. The van der Waals surface area contributed by atoms with Gasteiger partial charge in [-0.25, -0.2) is 0 Å². The number of methoxy groups -OCH3 is 1. The van der Waals surface area contributed by atoms with Crippen molar-refractivity contribution in [2.75, 3.05) is 7.11 Å². The first-order valence-corrected chi connectivity index (χ1v) is 11.3. The zero-order chi connectivity index (χ0) is 22.3. The van der Waals surface area contributed by atoms with Crippen LogP contribution in [0.15, 0.2) is 54.6 Å². The van der Waals surface area contributed by atoms with Crippen LogP contribution < -0.4 is 10.1 Å². The van der Waals surface area contributed by atoms with Gasteiger partial charge in [-0.2, -0.15) is 0 Å². The number of carbonyl (C=O) groups is 2. The lowest BCUT2D eigenvalue weighted by atomic mass is 9.93. The molecule has 1 aromatic heterocycles. The maximum Gasteiger partial charge on any atom is 0.271 e. The number of fused-ring (bicyclic) bond motifs is 3. The van der Waals surface area contributed by atoms with Crippen molar-refractivity contribution in [3.05, 3.63) is 65.9 Å². The van der Waals surface area contributed by atoms with Gasteiger partial charge in [0.2, 0.25) is 5.91 Å². The van der Waals surface area contributed by atoms with Crippen LogP contribution >= 0.6 is 0 Å². The number of benzene rings is 2. The van der Waals surface area contributed by atoms with E-state index < -0.39 is 5.54 Å². The molecule has 5 rings (SSSR count). The van der Waals surface area contributed by atoms with Gasteiger partial charge < -0.3 is 19.5 Å². The molecule has 6 heteroatoms. The largest absolute Gasteiger partial charge is 0.497 e. The van der Waals surface area contributed by atoms with Crippen molar-refractivity contribution in [1.82, 2.24) is 14.8 Å². The minimum atomic E-state index is -1.00. The minimum absolute atomic E-state index is 0.0796. The van der Waals surface area contributed by atoms with E-state index in [0.717, 1.165) is 47.9 Å². The van der Waals surface area contributed by atoms with Gasteiger partial charge in [-0.3, -0.25) is 9.59 Å². The number of hydrogen-bond acceptors (Lipinski definition) is 3. The molecule has 0 radical (unpaired) electrons. The predicted molar refractivity (Wildman–Crippen MR) is 124 cm³/mol. The van der Waals surface area contributed by atoms with E-state index in [-0.39, 0.29) is 17.9 Å². The number of ether oxygens (including phenoxy) is 1. The van der Waals surface area contributed by atoms with Crippen molar-refractivity contribution in [2.45, 2.75) is 57.3 Å². The van der Waals surface area contributed by atoms with Gasteiger partial charge in [0.25, 0.3) is 5.91 Å². The summed E-state index contributed by atoms with van der Waals surface area (Å²) in [4.78, 5) is 29.2. The Hall–Kier alpha value is -3.28. The molecule has 0 spiro atoms. The van der Waals surface area contributed by atoms with Gasteiger partial charge in [-0.1, -0.05) is 43.2 Å². The number of nitrogens with one attached hydrogen (secondary N) is 1. The van der Waals surface area contributed by atoms with E-state index in [1.54, 1.807) is 12.0 Å². The standard InChI is InChI=1S/C26H29N3O3/c1-26(25(31)27-20-10-6-7-11-20)17-28-22-15-21(32-2)13-12-19(22)14-23(28)24(30)29(26)16-18-8-4-3-5-9-18/h3-5,8-9,12-15,20H,6-7,10-11,16-17H2,1-2H3,(H,27,31)/t26-/m0/s1. The summed E-state index contributed by atoms with van der Waals surface area (Å²) in [6.45, 7) is 2.68. The topological polar surface area (TPSA) is 63.6 Å². The van der Waals surface area contributed by atoms with Crippen molar-refractivity contribution >= 4 is 22.7 Å². The van der Waals surface area contributed by atoms with E-state index in [2.05, 4.69) is 5.32 Å². The van der Waals surface area contributed by atoms with Crippen molar-refractivity contribution in [3.8, 4) is 5.75 Å². The molecule has 1 saturated carbocycles. The van der Waals surface area contributed by atoms with Crippen LogP contribution in [0.3, 0.4) is 0 Å². The minimum Gasteiger partial charge on any atom is -0.497 e. The normalized spacial score (nSPS) is 21.1.